The standard InChI is InChI=1S/C9H9N3O/c1-10-12-5-7-2-3-9-8(4-7)11-6-13-9/h2-6,10H,1H3. The second-order valence-electron chi connectivity index (χ2n) is 2.56. The number of hydrogen-bond acceptors (Lipinski definition) is 4. The van der Waals surface area contributed by atoms with Crippen LogP contribution in [0.25, 0.3) is 11.1 Å². The summed E-state index contributed by atoms with van der Waals surface area (Å²) in [6.07, 6.45) is 3.16. The smallest absolute Gasteiger partial charge is 0.181 e. The topological polar surface area (TPSA) is 50.4 Å². The number of fused-ring (bicyclic) bond motifs is 1. The van der Waals surface area contributed by atoms with E-state index in [1.54, 1.807) is 13.3 Å². The molecule has 1 N–H and O–H groups in total. The Hall–Kier alpha value is -1.84. The van der Waals surface area contributed by atoms with E-state index in [1.165, 1.54) is 6.39 Å². The normalized spacial score (nSPS) is 11.2. The Kier molecular flexibility index (Phi) is 1.96. The van der Waals surface area contributed by atoms with Gasteiger partial charge in [-0.1, -0.05) is 0 Å². The van der Waals surface area contributed by atoms with Gasteiger partial charge < -0.3 is 9.84 Å². The quantitative estimate of drug-likeness (QED) is 0.554. The molecule has 0 spiro atoms. The van der Waals surface area contributed by atoms with E-state index in [9.17, 15) is 0 Å². The molecular formula is C9H9N3O. The highest BCUT2D eigenvalue weighted by molar-refractivity contribution is 5.85. The first kappa shape index (κ1) is 7.79. The molecule has 0 saturated heterocycles. The van der Waals surface area contributed by atoms with E-state index in [-0.39, 0.29) is 0 Å². The molecule has 4 heteroatoms. The number of nitrogens with one attached hydrogen (secondary N) is 1. The lowest BCUT2D eigenvalue weighted by molar-refractivity contribution is 0.602. The van der Waals surface area contributed by atoms with Gasteiger partial charge in [0.15, 0.2) is 12.0 Å². The van der Waals surface area contributed by atoms with E-state index in [4.69, 9.17) is 4.42 Å². The summed E-state index contributed by atoms with van der Waals surface area (Å²) in [5.41, 5.74) is 5.32. The summed E-state index contributed by atoms with van der Waals surface area (Å²) in [7, 11) is 1.76. The van der Waals surface area contributed by atoms with Gasteiger partial charge in [-0.25, -0.2) is 4.98 Å². The van der Waals surface area contributed by atoms with Gasteiger partial charge in [0.25, 0.3) is 0 Å². The molecule has 0 saturated carbocycles. The van der Waals surface area contributed by atoms with Crippen LogP contribution in [0.1, 0.15) is 5.56 Å². The van der Waals surface area contributed by atoms with Gasteiger partial charge in [-0.15, -0.1) is 0 Å². The maximum absolute atomic E-state index is 5.11. The highest BCUT2D eigenvalue weighted by Crippen LogP contribution is 2.12. The van der Waals surface area contributed by atoms with Crippen molar-refractivity contribution in [2.24, 2.45) is 5.10 Å². The summed E-state index contributed by atoms with van der Waals surface area (Å²) in [4.78, 5) is 4.04. The molecule has 0 bridgehead atoms. The molecule has 2 aromatic rings. The minimum atomic E-state index is 0.793. The summed E-state index contributed by atoms with van der Waals surface area (Å²) in [5, 5.41) is 3.90. The van der Waals surface area contributed by atoms with Crippen molar-refractivity contribution in [3.8, 4) is 0 Å². The minimum Gasteiger partial charge on any atom is -0.443 e. The number of hydrazone groups is 1. The summed E-state index contributed by atoms with van der Waals surface area (Å²) in [6, 6.07) is 5.72. The zero-order chi connectivity index (χ0) is 9.10. The Labute approximate surface area is 75.3 Å². The molecule has 0 aliphatic rings. The summed E-state index contributed by atoms with van der Waals surface area (Å²) in [6.45, 7) is 0. The van der Waals surface area contributed by atoms with Crippen molar-refractivity contribution in [2.45, 2.75) is 0 Å². The van der Waals surface area contributed by atoms with Gasteiger partial charge >= 0.3 is 0 Å². The zero-order valence-electron chi connectivity index (χ0n) is 7.19. The first-order valence-corrected chi connectivity index (χ1v) is 3.93. The summed E-state index contributed by atoms with van der Waals surface area (Å²) < 4.78 is 5.11. The van der Waals surface area contributed by atoms with Crippen LogP contribution in [0.2, 0.25) is 0 Å². The van der Waals surface area contributed by atoms with Crippen LogP contribution in [0, 0.1) is 0 Å². The van der Waals surface area contributed by atoms with E-state index in [1.807, 2.05) is 18.2 Å². The summed E-state index contributed by atoms with van der Waals surface area (Å²) >= 11 is 0. The maximum atomic E-state index is 5.11. The fraction of sp³-hybridized carbons (Fsp3) is 0.111. The Bertz CT molecular complexity index is 433. The molecule has 0 radical (unpaired) electrons. The third kappa shape index (κ3) is 1.51. The van der Waals surface area contributed by atoms with E-state index in [2.05, 4.69) is 15.5 Å². The fourth-order valence-corrected chi connectivity index (χ4v) is 1.09. The van der Waals surface area contributed by atoms with Crippen LogP contribution in [0.4, 0.5) is 0 Å². The van der Waals surface area contributed by atoms with E-state index in [0.717, 1.165) is 16.7 Å². The third-order valence-corrected chi connectivity index (χ3v) is 1.70. The lowest BCUT2D eigenvalue weighted by Gasteiger charge is -1.91. The predicted molar refractivity (Wildman–Crippen MR) is 50.7 cm³/mol. The average Bonchev–Trinajstić information content (AvgIpc) is 2.61. The molecule has 0 atom stereocenters. The van der Waals surface area contributed by atoms with Crippen molar-refractivity contribution in [2.75, 3.05) is 7.05 Å². The molecule has 2 rings (SSSR count). The largest absolute Gasteiger partial charge is 0.443 e. The van der Waals surface area contributed by atoms with Gasteiger partial charge in [-0.3, -0.25) is 0 Å². The number of benzene rings is 1. The first-order valence-electron chi connectivity index (χ1n) is 3.93. The monoisotopic (exact) mass is 175 g/mol. The minimum absolute atomic E-state index is 0.793. The lowest BCUT2D eigenvalue weighted by Crippen LogP contribution is -1.94. The third-order valence-electron chi connectivity index (χ3n) is 1.70. The number of oxazole rings is 1. The van der Waals surface area contributed by atoms with Gasteiger partial charge in [0, 0.05) is 7.05 Å². The van der Waals surface area contributed by atoms with E-state index in [0.29, 0.717) is 0 Å². The molecular weight excluding hydrogens is 166 g/mol. The van der Waals surface area contributed by atoms with Crippen LogP contribution >= 0.6 is 0 Å². The van der Waals surface area contributed by atoms with Crippen molar-refractivity contribution in [3.63, 3.8) is 0 Å². The summed E-state index contributed by atoms with van der Waals surface area (Å²) in [5.74, 6) is 0. The highest BCUT2D eigenvalue weighted by Gasteiger charge is 1.97. The van der Waals surface area contributed by atoms with Gasteiger partial charge in [0.2, 0.25) is 0 Å². The highest BCUT2D eigenvalue weighted by atomic mass is 16.3. The van der Waals surface area contributed by atoms with Gasteiger partial charge in [0.05, 0.1) is 6.21 Å². The molecule has 0 aliphatic heterocycles. The van der Waals surface area contributed by atoms with Crippen molar-refractivity contribution < 1.29 is 4.42 Å². The second-order valence-corrected chi connectivity index (χ2v) is 2.56. The molecule has 0 unspecified atom stereocenters. The van der Waals surface area contributed by atoms with Gasteiger partial charge in [0.1, 0.15) is 5.52 Å². The maximum Gasteiger partial charge on any atom is 0.181 e. The molecule has 0 aliphatic carbocycles. The first-order chi connectivity index (χ1) is 6.40. The lowest BCUT2D eigenvalue weighted by atomic mass is 10.2. The van der Waals surface area contributed by atoms with Crippen LogP contribution in [0.3, 0.4) is 0 Å². The van der Waals surface area contributed by atoms with Crippen molar-refractivity contribution >= 4 is 17.3 Å². The van der Waals surface area contributed by atoms with Gasteiger partial charge in [-0.05, 0) is 23.8 Å². The molecule has 1 aromatic heterocycles. The molecule has 4 nitrogen and oxygen atoms in total. The van der Waals surface area contributed by atoms with Crippen LogP contribution in [-0.4, -0.2) is 18.2 Å². The molecule has 1 heterocycles. The van der Waals surface area contributed by atoms with Gasteiger partial charge in [-0.2, -0.15) is 5.10 Å². The van der Waals surface area contributed by atoms with Crippen LogP contribution < -0.4 is 5.43 Å². The van der Waals surface area contributed by atoms with Crippen LogP contribution in [0.5, 0.6) is 0 Å². The molecule has 13 heavy (non-hydrogen) atoms. The number of nitrogens with zero attached hydrogens (tertiary/aromatic N) is 2. The fourth-order valence-electron chi connectivity index (χ4n) is 1.09. The van der Waals surface area contributed by atoms with E-state index < -0.39 is 0 Å². The van der Waals surface area contributed by atoms with Crippen molar-refractivity contribution in [1.29, 1.82) is 0 Å². The van der Waals surface area contributed by atoms with Crippen LogP contribution in [-0.2, 0) is 0 Å². The molecule has 1 aromatic carbocycles. The van der Waals surface area contributed by atoms with Crippen molar-refractivity contribution in [3.05, 3.63) is 30.2 Å². The Morgan fingerprint density at radius 2 is 2.46 bits per heavy atom. The Morgan fingerprint density at radius 1 is 1.54 bits per heavy atom. The van der Waals surface area contributed by atoms with Crippen molar-refractivity contribution in [1.82, 2.24) is 10.4 Å². The Morgan fingerprint density at radius 3 is 3.31 bits per heavy atom. The molecule has 0 fully saturated rings. The Balaban J connectivity index is 2.42. The van der Waals surface area contributed by atoms with Crippen LogP contribution in [0.15, 0.2) is 34.1 Å². The number of rotatable bonds is 2. The molecule has 0 amide bonds. The zero-order valence-corrected chi connectivity index (χ0v) is 7.19. The SMILES string of the molecule is CNN=Cc1ccc2ocnc2c1. The predicted octanol–water partition coefficient (Wildman–Crippen LogP) is 1.38. The second kappa shape index (κ2) is 3.26. The number of aromatic nitrogens is 1. The number of hydrogen-bond donors (Lipinski definition) is 1. The average molecular weight is 175 g/mol. The van der Waals surface area contributed by atoms with E-state index >= 15 is 0 Å². The molecule has 66 valence electrons.